The number of carbonyl (C=O) groups is 2. The van der Waals surface area contributed by atoms with Crippen LogP contribution in [0, 0.1) is 19.8 Å². The van der Waals surface area contributed by atoms with Crippen LogP contribution in [0.25, 0.3) is 0 Å². The average Bonchev–Trinajstić information content (AvgIpc) is 2.29. The van der Waals surface area contributed by atoms with Crippen molar-refractivity contribution in [3.05, 3.63) is 28.8 Å². The van der Waals surface area contributed by atoms with Gasteiger partial charge in [-0.05, 0) is 31.0 Å². The van der Waals surface area contributed by atoms with Crippen molar-refractivity contribution in [1.82, 2.24) is 0 Å². The molecule has 4 nitrogen and oxygen atoms in total. The van der Waals surface area contributed by atoms with Gasteiger partial charge in [0.15, 0.2) is 11.7 Å². The zero-order chi connectivity index (χ0) is 12.6. The summed E-state index contributed by atoms with van der Waals surface area (Å²) in [6.07, 6.45) is 0. The summed E-state index contributed by atoms with van der Waals surface area (Å²) >= 11 is 0. The number of ether oxygens (including phenoxy) is 2. The lowest BCUT2D eigenvalue weighted by atomic mass is 9.92. The predicted octanol–water partition coefficient (Wildman–Crippen LogP) is 1.67. The van der Waals surface area contributed by atoms with Gasteiger partial charge in [0.05, 0.1) is 12.7 Å². The lowest BCUT2D eigenvalue weighted by Gasteiger charge is -2.24. The number of hydrogen-bond acceptors (Lipinski definition) is 4. The quantitative estimate of drug-likeness (QED) is 0.548. The highest BCUT2D eigenvalue weighted by molar-refractivity contribution is 6.11. The number of ketones is 1. The Bertz CT molecular complexity index is 490. The summed E-state index contributed by atoms with van der Waals surface area (Å²) in [6, 6.07) is 3.70. The molecule has 4 heteroatoms. The van der Waals surface area contributed by atoms with E-state index in [1.165, 1.54) is 7.11 Å². The zero-order valence-electron chi connectivity index (χ0n) is 10.1. The molecule has 0 aromatic heterocycles. The van der Waals surface area contributed by atoms with E-state index in [1.54, 1.807) is 6.07 Å². The number of rotatable bonds is 1. The van der Waals surface area contributed by atoms with E-state index in [-0.39, 0.29) is 12.4 Å². The minimum absolute atomic E-state index is 0.0579. The molecule has 1 aliphatic rings. The van der Waals surface area contributed by atoms with Crippen molar-refractivity contribution in [2.75, 3.05) is 13.7 Å². The van der Waals surface area contributed by atoms with Crippen LogP contribution < -0.4 is 4.74 Å². The van der Waals surface area contributed by atoms with Gasteiger partial charge in [0.25, 0.3) is 0 Å². The SMILES string of the molecule is COC(=O)C1COc2c(C)cc(C)cc2C1=O. The fourth-order valence-corrected chi connectivity index (χ4v) is 2.08. The van der Waals surface area contributed by atoms with Crippen molar-refractivity contribution in [2.24, 2.45) is 5.92 Å². The molecule has 0 bridgehead atoms. The first-order valence-corrected chi connectivity index (χ1v) is 5.40. The van der Waals surface area contributed by atoms with E-state index >= 15 is 0 Å². The first-order valence-electron chi connectivity index (χ1n) is 5.40. The number of aryl methyl sites for hydroxylation is 2. The molecule has 1 unspecified atom stereocenters. The first-order chi connectivity index (χ1) is 8.04. The summed E-state index contributed by atoms with van der Waals surface area (Å²) in [6.45, 7) is 3.85. The number of carbonyl (C=O) groups excluding carboxylic acids is 2. The molecule has 2 rings (SSSR count). The highest BCUT2D eigenvalue weighted by Gasteiger charge is 2.35. The molecule has 0 fully saturated rings. The molecule has 1 aromatic carbocycles. The van der Waals surface area contributed by atoms with Gasteiger partial charge in [0.2, 0.25) is 0 Å². The number of Topliss-reactive ketones (excluding diaryl/α,β-unsaturated/α-hetero) is 1. The molecular weight excluding hydrogens is 220 g/mol. The molecule has 17 heavy (non-hydrogen) atoms. The summed E-state index contributed by atoms with van der Waals surface area (Å²) in [7, 11) is 1.27. The van der Waals surface area contributed by atoms with Crippen LogP contribution in [0.2, 0.25) is 0 Å². The molecular formula is C13H14O4. The van der Waals surface area contributed by atoms with E-state index in [0.29, 0.717) is 11.3 Å². The summed E-state index contributed by atoms with van der Waals surface area (Å²) in [4.78, 5) is 23.6. The maximum absolute atomic E-state index is 12.1. The summed E-state index contributed by atoms with van der Waals surface area (Å²) in [5, 5.41) is 0. The van der Waals surface area contributed by atoms with Crippen LogP contribution in [-0.2, 0) is 9.53 Å². The topological polar surface area (TPSA) is 52.6 Å². The van der Waals surface area contributed by atoms with Crippen LogP contribution in [0.3, 0.4) is 0 Å². The van der Waals surface area contributed by atoms with Crippen LogP contribution >= 0.6 is 0 Å². The standard InChI is InChI=1S/C13H14O4/c1-7-4-8(2)12-9(5-7)11(14)10(6-17-12)13(15)16-3/h4-5,10H,6H2,1-3H3. The summed E-state index contributed by atoms with van der Waals surface area (Å²) < 4.78 is 10.1. The molecule has 0 spiro atoms. The molecule has 0 radical (unpaired) electrons. The molecule has 0 aliphatic carbocycles. The van der Waals surface area contributed by atoms with Gasteiger partial charge in [-0.25, -0.2) is 0 Å². The molecule has 1 aromatic rings. The third kappa shape index (κ3) is 1.90. The van der Waals surface area contributed by atoms with E-state index in [9.17, 15) is 9.59 Å². The van der Waals surface area contributed by atoms with Gasteiger partial charge in [-0.15, -0.1) is 0 Å². The van der Waals surface area contributed by atoms with E-state index in [4.69, 9.17) is 4.74 Å². The zero-order valence-corrected chi connectivity index (χ0v) is 10.1. The van der Waals surface area contributed by atoms with Crippen molar-refractivity contribution in [2.45, 2.75) is 13.8 Å². The number of methoxy groups -OCH3 is 1. The van der Waals surface area contributed by atoms with E-state index in [0.717, 1.165) is 11.1 Å². The highest BCUT2D eigenvalue weighted by atomic mass is 16.5. The Morgan fingerprint density at radius 2 is 2.12 bits per heavy atom. The number of esters is 1. The van der Waals surface area contributed by atoms with Crippen LogP contribution in [0.15, 0.2) is 12.1 Å². The van der Waals surface area contributed by atoms with E-state index < -0.39 is 11.9 Å². The molecule has 1 aliphatic heterocycles. The Morgan fingerprint density at radius 1 is 1.41 bits per heavy atom. The minimum atomic E-state index is -0.839. The van der Waals surface area contributed by atoms with Gasteiger partial charge >= 0.3 is 5.97 Å². The molecule has 0 N–H and O–H groups in total. The Morgan fingerprint density at radius 3 is 2.76 bits per heavy atom. The Kier molecular flexibility index (Phi) is 2.88. The molecule has 0 saturated carbocycles. The second kappa shape index (κ2) is 4.20. The van der Waals surface area contributed by atoms with Crippen molar-refractivity contribution < 1.29 is 19.1 Å². The van der Waals surface area contributed by atoms with Gasteiger partial charge in [0.1, 0.15) is 12.4 Å². The molecule has 0 amide bonds. The van der Waals surface area contributed by atoms with Gasteiger partial charge < -0.3 is 9.47 Å². The molecule has 1 heterocycles. The second-order valence-electron chi connectivity index (χ2n) is 4.21. The Hall–Kier alpha value is -1.84. The fourth-order valence-electron chi connectivity index (χ4n) is 2.08. The van der Waals surface area contributed by atoms with Gasteiger partial charge in [-0.1, -0.05) is 6.07 Å². The van der Waals surface area contributed by atoms with Gasteiger partial charge in [0, 0.05) is 0 Å². The smallest absolute Gasteiger partial charge is 0.320 e. The minimum Gasteiger partial charge on any atom is -0.491 e. The lowest BCUT2D eigenvalue weighted by Crippen LogP contribution is -2.35. The molecule has 1 atom stereocenters. The monoisotopic (exact) mass is 234 g/mol. The number of hydrogen-bond donors (Lipinski definition) is 0. The third-order valence-electron chi connectivity index (χ3n) is 2.88. The van der Waals surface area contributed by atoms with Crippen molar-refractivity contribution in [3.63, 3.8) is 0 Å². The molecule has 90 valence electrons. The number of fused-ring (bicyclic) bond motifs is 1. The van der Waals surface area contributed by atoms with Gasteiger partial charge in [-0.2, -0.15) is 0 Å². The Labute approximate surface area is 99.5 Å². The van der Waals surface area contributed by atoms with Crippen LogP contribution in [0.4, 0.5) is 0 Å². The second-order valence-corrected chi connectivity index (χ2v) is 4.21. The van der Waals surface area contributed by atoms with Crippen molar-refractivity contribution in [1.29, 1.82) is 0 Å². The maximum atomic E-state index is 12.1. The number of benzene rings is 1. The first kappa shape index (κ1) is 11.6. The highest BCUT2D eigenvalue weighted by Crippen LogP contribution is 2.32. The molecule has 0 saturated heterocycles. The predicted molar refractivity (Wildman–Crippen MR) is 61.2 cm³/mol. The van der Waals surface area contributed by atoms with Crippen molar-refractivity contribution in [3.8, 4) is 5.75 Å². The maximum Gasteiger partial charge on any atom is 0.320 e. The summed E-state index contributed by atoms with van der Waals surface area (Å²) in [5.74, 6) is -1.01. The lowest BCUT2D eigenvalue weighted by molar-refractivity contribution is -0.144. The van der Waals surface area contributed by atoms with Gasteiger partial charge in [-0.3, -0.25) is 9.59 Å². The van der Waals surface area contributed by atoms with Crippen LogP contribution in [0.1, 0.15) is 21.5 Å². The summed E-state index contributed by atoms with van der Waals surface area (Å²) in [5.41, 5.74) is 2.37. The largest absolute Gasteiger partial charge is 0.491 e. The van der Waals surface area contributed by atoms with E-state index in [2.05, 4.69) is 4.74 Å². The Balaban J connectivity index is 2.45. The average molecular weight is 234 g/mol. The normalized spacial score (nSPS) is 18.3. The third-order valence-corrected chi connectivity index (χ3v) is 2.88. The van der Waals surface area contributed by atoms with E-state index in [1.807, 2.05) is 19.9 Å². The van der Waals surface area contributed by atoms with Crippen LogP contribution in [-0.4, -0.2) is 25.5 Å². The van der Waals surface area contributed by atoms with Crippen LogP contribution in [0.5, 0.6) is 5.75 Å². The van der Waals surface area contributed by atoms with Crippen molar-refractivity contribution >= 4 is 11.8 Å². The fraction of sp³-hybridized carbons (Fsp3) is 0.385.